The molecule has 3 nitrogen and oxygen atoms in total. The fourth-order valence-electron chi connectivity index (χ4n) is 2.08. The van der Waals surface area contributed by atoms with Gasteiger partial charge in [-0.05, 0) is 12.1 Å². The maximum Gasteiger partial charge on any atom is 0.148 e. The van der Waals surface area contributed by atoms with Gasteiger partial charge in [0.25, 0.3) is 0 Å². The van der Waals surface area contributed by atoms with E-state index >= 15 is 0 Å². The summed E-state index contributed by atoms with van der Waals surface area (Å²) in [5.74, 6) is -0.130. The minimum Gasteiger partial charge on any atom is -0.210 e. The lowest BCUT2D eigenvalue weighted by atomic mass is 10.1. The minimum atomic E-state index is -0.351. The Hall–Kier alpha value is -2.20. The first kappa shape index (κ1) is 12.8. The normalized spacial score (nSPS) is 10.7. The van der Waals surface area contributed by atoms with E-state index in [1.165, 1.54) is 10.7 Å². The molecule has 0 bridgehead atoms. The zero-order chi connectivity index (χ0) is 13.9. The Morgan fingerprint density at radius 3 is 2.40 bits per heavy atom. The first-order chi connectivity index (χ1) is 9.81. The van der Waals surface area contributed by atoms with Gasteiger partial charge >= 0.3 is 0 Å². The Morgan fingerprint density at radius 1 is 1.00 bits per heavy atom. The summed E-state index contributed by atoms with van der Waals surface area (Å²) in [6.07, 6.45) is 0. The van der Waals surface area contributed by atoms with E-state index < -0.39 is 0 Å². The molecule has 1 heterocycles. The number of para-hydroxylation sites is 1. The van der Waals surface area contributed by atoms with Crippen molar-refractivity contribution in [2.24, 2.45) is 0 Å². The molecule has 5 heteroatoms. The van der Waals surface area contributed by atoms with Gasteiger partial charge in [0.2, 0.25) is 0 Å². The molecule has 0 aliphatic rings. The van der Waals surface area contributed by atoms with Gasteiger partial charge in [-0.1, -0.05) is 47.7 Å². The highest BCUT2D eigenvalue weighted by Gasteiger charge is 2.17. The van der Waals surface area contributed by atoms with Crippen LogP contribution >= 0.6 is 11.6 Å². The summed E-state index contributed by atoms with van der Waals surface area (Å²) >= 11 is 5.91. The molecule has 0 saturated carbocycles. The predicted octanol–water partition coefficient (Wildman–Crippen LogP) is 3.81. The number of aromatic nitrogens is 3. The van der Waals surface area contributed by atoms with Crippen LogP contribution in [0.25, 0.3) is 16.9 Å². The molecule has 2 aromatic carbocycles. The van der Waals surface area contributed by atoms with Gasteiger partial charge in [0.15, 0.2) is 0 Å². The second-order valence-corrected chi connectivity index (χ2v) is 4.51. The Balaban J connectivity index is 2.24. The van der Waals surface area contributed by atoms with Crippen molar-refractivity contribution in [2.75, 3.05) is 0 Å². The lowest BCUT2D eigenvalue weighted by molar-refractivity contribution is 0.608. The maximum atomic E-state index is 14.0. The Labute approximate surface area is 120 Å². The first-order valence-corrected chi connectivity index (χ1v) is 6.65. The zero-order valence-electron chi connectivity index (χ0n) is 10.5. The Bertz CT molecular complexity index is 725. The molecule has 0 atom stereocenters. The van der Waals surface area contributed by atoms with Gasteiger partial charge in [-0.15, -0.1) is 16.7 Å². The van der Waals surface area contributed by atoms with Crippen LogP contribution in [-0.4, -0.2) is 15.0 Å². The van der Waals surface area contributed by atoms with Gasteiger partial charge in [-0.3, -0.25) is 0 Å². The number of benzene rings is 2. The van der Waals surface area contributed by atoms with Crippen LogP contribution in [0.1, 0.15) is 5.69 Å². The van der Waals surface area contributed by atoms with Gasteiger partial charge in [-0.25, -0.2) is 9.07 Å². The molecule has 0 aliphatic carbocycles. The van der Waals surface area contributed by atoms with Crippen LogP contribution in [0, 0.1) is 5.82 Å². The highest BCUT2D eigenvalue weighted by molar-refractivity contribution is 6.17. The van der Waals surface area contributed by atoms with E-state index in [1.807, 2.05) is 30.3 Å². The monoisotopic (exact) mass is 287 g/mol. The average molecular weight is 288 g/mol. The van der Waals surface area contributed by atoms with Gasteiger partial charge < -0.3 is 0 Å². The Kier molecular flexibility index (Phi) is 3.48. The first-order valence-electron chi connectivity index (χ1n) is 6.12. The summed E-state index contributed by atoms with van der Waals surface area (Å²) in [5.41, 5.74) is 2.60. The van der Waals surface area contributed by atoms with Gasteiger partial charge in [-0.2, -0.15) is 0 Å². The molecule has 0 radical (unpaired) electrons. The van der Waals surface area contributed by atoms with Crippen LogP contribution in [0.4, 0.5) is 4.39 Å². The molecule has 0 saturated heterocycles. The van der Waals surface area contributed by atoms with E-state index in [1.54, 1.807) is 18.2 Å². The molecule has 100 valence electrons. The maximum absolute atomic E-state index is 14.0. The Morgan fingerprint density at radius 2 is 1.70 bits per heavy atom. The van der Waals surface area contributed by atoms with E-state index in [4.69, 9.17) is 11.6 Å². The highest BCUT2D eigenvalue weighted by atomic mass is 35.5. The number of hydrogen-bond donors (Lipinski definition) is 0. The summed E-state index contributed by atoms with van der Waals surface area (Å²) in [6.45, 7) is 0. The lowest BCUT2D eigenvalue weighted by Gasteiger charge is -2.08. The van der Waals surface area contributed by atoms with Gasteiger partial charge in [0.1, 0.15) is 17.2 Å². The molecular formula is C15H11ClFN3. The summed E-state index contributed by atoms with van der Waals surface area (Å²) < 4.78 is 15.5. The van der Waals surface area contributed by atoms with Gasteiger partial charge in [0.05, 0.1) is 11.6 Å². The van der Waals surface area contributed by atoms with E-state index in [0.29, 0.717) is 17.1 Å². The molecular weight excluding hydrogens is 277 g/mol. The molecule has 3 rings (SSSR count). The van der Waals surface area contributed by atoms with E-state index in [9.17, 15) is 4.39 Å². The van der Waals surface area contributed by atoms with Crippen LogP contribution in [0.15, 0.2) is 54.6 Å². The smallest absolute Gasteiger partial charge is 0.148 e. The summed E-state index contributed by atoms with van der Waals surface area (Å²) in [5, 5.41) is 8.08. The fourth-order valence-corrected chi connectivity index (χ4v) is 2.26. The molecule has 0 spiro atoms. The van der Waals surface area contributed by atoms with Crippen molar-refractivity contribution in [3.8, 4) is 16.9 Å². The van der Waals surface area contributed by atoms with Crippen LogP contribution in [-0.2, 0) is 5.88 Å². The number of nitrogens with zero attached hydrogens (tertiary/aromatic N) is 3. The fraction of sp³-hybridized carbons (Fsp3) is 0.0667. The second-order valence-electron chi connectivity index (χ2n) is 4.25. The topological polar surface area (TPSA) is 30.7 Å². The van der Waals surface area contributed by atoms with E-state index in [0.717, 1.165) is 5.56 Å². The molecule has 0 unspecified atom stereocenters. The minimum absolute atomic E-state index is 0.221. The highest BCUT2D eigenvalue weighted by Crippen LogP contribution is 2.26. The molecule has 3 aromatic rings. The number of hydrogen-bond acceptors (Lipinski definition) is 2. The van der Waals surface area contributed by atoms with Crippen molar-refractivity contribution in [3.05, 3.63) is 66.1 Å². The quantitative estimate of drug-likeness (QED) is 0.686. The standard InChI is InChI=1S/C15H11ClFN3/c16-10-13-15(11-6-2-1-3-7-11)20(19-18-13)14-9-5-4-8-12(14)17/h1-9H,10H2. The largest absolute Gasteiger partial charge is 0.210 e. The van der Waals surface area contributed by atoms with Crippen LogP contribution in [0.2, 0.25) is 0 Å². The third kappa shape index (κ3) is 2.18. The van der Waals surface area contributed by atoms with Gasteiger partial charge in [0, 0.05) is 5.56 Å². The molecule has 0 aliphatic heterocycles. The number of rotatable bonds is 3. The van der Waals surface area contributed by atoms with Crippen molar-refractivity contribution < 1.29 is 4.39 Å². The predicted molar refractivity (Wildman–Crippen MR) is 76.3 cm³/mol. The van der Waals surface area contributed by atoms with Crippen LogP contribution < -0.4 is 0 Å². The third-order valence-corrected chi connectivity index (χ3v) is 3.25. The SMILES string of the molecule is Fc1ccccc1-n1nnc(CCl)c1-c1ccccc1. The molecule has 0 N–H and O–H groups in total. The summed E-state index contributed by atoms with van der Waals surface area (Å²) in [7, 11) is 0. The van der Waals surface area contributed by atoms with Crippen molar-refractivity contribution in [3.63, 3.8) is 0 Å². The van der Waals surface area contributed by atoms with Crippen molar-refractivity contribution in [1.82, 2.24) is 15.0 Å². The molecule has 1 aromatic heterocycles. The number of halogens is 2. The lowest BCUT2D eigenvalue weighted by Crippen LogP contribution is -2.02. The molecule has 0 fully saturated rings. The van der Waals surface area contributed by atoms with Crippen molar-refractivity contribution in [1.29, 1.82) is 0 Å². The second kappa shape index (κ2) is 5.43. The van der Waals surface area contributed by atoms with Crippen LogP contribution in [0.5, 0.6) is 0 Å². The average Bonchev–Trinajstić information content (AvgIpc) is 2.92. The third-order valence-electron chi connectivity index (χ3n) is 2.99. The number of alkyl halides is 1. The summed E-state index contributed by atoms with van der Waals surface area (Å²) in [6, 6.07) is 16.0. The van der Waals surface area contributed by atoms with Crippen molar-refractivity contribution in [2.45, 2.75) is 5.88 Å². The van der Waals surface area contributed by atoms with E-state index in [2.05, 4.69) is 10.3 Å². The summed E-state index contributed by atoms with van der Waals surface area (Å²) in [4.78, 5) is 0. The van der Waals surface area contributed by atoms with Crippen molar-refractivity contribution >= 4 is 11.6 Å². The molecule has 20 heavy (non-hydrogen) atoms. The van der Waals surface area contributed by atoms with E-state index in [-0.39, 0.29) is 11.7 Å². The zero-order valence-corrected chi connectivity index (χ0v) is 11.3. The van der Waals surface area contributed by atoms with Crippen LogP contribution in [0.3, 0.4) is 0 Å². The molecule has 0 amide bonds.